The number of carbonyl (C=O) groups excluding carboxylic acids is 1. The third kappa shape index (κ3) is 4.50. The van der Waals surface area contributed by atoms with E-state index in [0.29, 0.717) is 26.0 Å². The molecule has 2 heterocycles. The van der Waals surface area contributed by atoms with Crippen LogP contribution in [-0.2, 0) is 11.2 Å². The predicted octanol–water partition coefficient (Wildman–Crippen LogP) is 2.47. The SMILES string of the molecule is COc1cccn2cc(CCNC(=O)CCOc3ccccc3)nc12. The van der Waals surface area contributed by atoms with Crippen LogP contribution in [0.2, 0.25) is 0 Å². The van der Waals surface area contributed by atoms with E-state index in [1.54, 1.807) is 7.11 Å². The number of hydrogen-bond donors (Lipinski definition) is 1. The van der Waals surface area contributed by atoms with Crippen molar-refractivity contribution in [1.29, 1.82) is 0 Å². The van der Waals surface area contributed by atoms with Gasteiger partial charge in [0.25, 0.3) is 0 Å². The van der Waals surface area contributed by atoms with E-state index in [1.807, 2.05) is 59.3 Å². The van der Waals surface area contributed by atoms with Crippen LogP contribution in [-0.4, -0.2) is 35.6 Å². The van der Waals surface area contributed by atoms with Crippen LogP contribution in [0.5, 0.6) is 11.5 Å². The van der Waals surface area contributed by atoms with E-state index in [1.165, 1.54) is 0 Å². The molecule has 0 spiro atoms. The Kier molecular flexibility index (Phi) is 5.51. The quantitative estimate of drug-likeness (QED) is 0.685. The molecular formula is C19H21N3O3. The Morgan fingerprint density at radius 2 is 2.04 bits per heavy atom. The summed E-state index contributed by atoms with van der Waals surface area (Å²) in [5.74, 6) is 1.47. The Bertz CT molecular complexity index is 830. The highest BCUT2D eigenvalue weighted by molar-refractivity contribution is 5.76. The first-order valence-electron chi connectivity index (χ1n) is 8.21. The first kappa shape index (κ1) is 16.8. The van der Waals surface area contributed by atoms with E-state index in [2.05, 4.69) is 10.3 Å². The average molecular weight is 339 g/mol. The summed E-state index contributed by atoms with van der Waals surface area (Å²) in [6.45, 7) is 0.901. The topological polar surface area (TPSA) is 64.9 Å². The zero-order chi connectivity index (χ0) is 17.5. The lowest BCUT2D eigenvalue weighted by molar-refractivity contribution is -0.121. The van der Waals surface area contributed by atoms with Gasteiger partial charge in [0.2, 0.25) is 5.91 Å². The van der Waals surface area contributed by atoms with Crippen LogP contribution in [0.3, 0.4) is 0 Å². The molecule has 6 heteroatoms. The van der Waals surface area contributed by atoms with Crippen molar-refractivity contribution in [3.8, 4) is 11.5 Å². The lowest BCUT2D eigenvalue weighted by atomic mass is 10.3. The Morgan fingerprint density at radius 3 is 2.84 bits per heavy atom. The molecule has 1 N–H and O–H groups in total. The Morgan fingerprint density at radius 1 is 1.20 bits per heavy atom. The summed E-state index contributed by atoms with van der Waals surface area (Å²) in [5, 5.41) is 2.89. The number of benzene rings is 1. The Balaban J connectivity index is 1.42. The van der Waals surface area contributed by atoms with Crippen LogP contribution < -0.4 is 14.8 Å². The summed E-state index contributed by atoms with van der Waals surface area (Å²) in [6, 6.07) is 13.3. The molecule has 1 amide bonds. The number of fused-ring (bicyclic) bond motifs is 1. The number of pyridine rings is 1. The number of imidazole rings is 1. The minimum Gasteiger partial charge on any atom is -0.493 e. The monoisotopic (exact) mass is 339 g/mol. The van der Waals surface area contributed by atoms with E-state index in [4.69, 9.17) is 9.47 Å². The molecule has 0 fully saturated rings. The average Bonchev–Trinajstić information content (AvgIpc) is 3.05. The van der Waals surface area contributed by atoms with E-state index < -0.39 is 0 Å². The van der Waals surface area contributed by atoms with Crippen molar-refractivity contribution in [3.05, 3.63) is 60.6 Å². The smallest absolute Gasteiger partial charge is 0.223 e. The molecule has 0 saturated carbocycles. The first-order chi connectivity index (χ1) is 12.3. The maximum Gasteiger partial charge on any atom is 0.223 e. The lowest BCUT2D eigenvalue weighted by Gasteiger charge is -2.06. The van der Waals surface area contributed by atoms with Crippen molar-refractivity contribution < 1.29 is 14.3 Å². The van der Waals surface area contributed by atoms with E-state index in [-0.39, 0.29) is 5.91 Å². The number of carbonyl (C=O) groups is 1. The molecule has 0 aliphatic rings. The molecule has 3 aromatic rings. The second-order valence-corrected chi connectivity index (χ2v) is 5.55. The number of para-hydroxylation sites is 1. The van der Waals surface area contributed by atoms with E-state index in [0.717, 1.165) is 22.8 Å². The number of methoxy groups -OCH3 is 1. The van der Waals surface area contributed by atoms with Crippen molar-refractivity contribution >= 4 is 11.6 Å². The van der Waals surface area contributed by atoms with Crippen LogP contribution in [0.4, 0.5) is 0 Å². The number of nitrogens with one attached hydrogen (secondary N) is 1. The molecule has 0 saturated heterocycles. The standard InChI is InChI=1S/C19H21N3O3/c1-24-17-8-5-12-22-14-15(21-19(17)22)9-11-20-18(23)10-13-25-16-6-3-2-4-7-16/h2-8,12,14H,9-11,13H2,1H3,(H,20,23). The van der Waals surface area contributed by atoms with Crippen LogP contribution in [0.15, 0.2) is 54.9 Å². The van der Waals surface area contributed by atoms with E-state index >= 15 is 0 Å². The summed E-state index contributed by atoms with van der Waals surface area (Å²) in [7, 11) is 1.63. The molecule has 2 aromatic heterocycles. The zero-order valence-electron chi connectivity index (χ0n) is 14.1. The van der Waals surface area contributed by atoms with Gasteiger partial charge < -0.3 is 19.2 Å². The lowest BCUT2D eigenvalue weighted by Crippen LogP contribution is -2.27. The molecule has 0 aliphatic carbocycles. The molecule has 130 valence electrons. The van der Waals surface area contributed by atoms with Crippen LogP contribution >= 0.6 is 0 Å². The van der Waals surface area contributed by atoms with Gasteiger partial charge in [-0.05, 0) is 24.3 Å². The minimum atomic E-state index is -0.0303. The highest BCUT2D eigenvalue weighted by Gasteiger charge is 2.07. The second kappa shape index (κ2) is 8.19. The fraction of sp³-hybridized carbons (Fsp3) is 0.263. The van der Waals surface area contributed by atoms with Crippen LogP contribution in [0.25, 0.3) is 5.65 Å². The molecule has 0 radical (unpaired) electrons. The summed E-state index contributed by atoms with van der Waals surface area (Å²) >= 11 is 0. The van der Waals surface area contributed by atoms with Crippen LogP contribution in [0.1, 0.15) is 12.1 Å². The second-order valence-electron chi connectivity index (χ2n) is 5.55. The summed E-state index contributed by atoms with van der Waals surface area (Å²) in [5.41, 5.74) is 1.69. The largest absolute Gasteiger partial charge is 0.493 e. The number of rotatable bonds is 8. The molecular weight excluding hydrogens is 318 g/mol. The molecule has 1 aromatic carbocycles. The van der Waals surface area contributed by atoms with Crippen molar-refractivity contribution in [2.24, 2.45) is 0 Å². The van der Waals surface area contributed by atoms with Crippen molar-refractivity contribution in [2.45, 2.75) is 12.8 Å². The Hall–Kier alpha value is -3.02. The normalized spacial score (nSPS) is 10.6. The highest BCUT2D eigenvalue weighted by atomic mass is 16.5. The third-order valence-corrected chi connectivity index (χ3v) is 3.76. The van der Waals surface area contributed by atoms with Gasteiger partial charge in [-0.25, -0.2) is 4.98 Å². The van der Waals surface area contributed by atoms with Gasteiger partial charge in [0.05, 0.1) is 25.8 Å². The number of amides is 1. The Labute approximate surface area is 146 Å². The number of hydrogen-bond acceptors (Lipinski definition) is 4. The zero-order valence-corrected chi connectivity index (χ0v) is 14.1. The van der Waals surface area contributed by atoms with Gasteiger partial charge in [-0.2, -0.15) is 0 Å². The van der Waals surface area contributed by atoms with Crippen LogP contribution in [0, 0.1) is 0 Å². The van der Waals surface area contributed by atoms with Gasteiger partial charge >= 0.3 is 0 Å². The van der Waals surface area contributed by atoms with Gasteiger partial charge in [0, 0.05) is 25.4 Å². The van der Waals surface area contributed by atoms with Gasteiger partial charge in [-0.1, -0.05) is 18.2 Å². The molecule has 0 bridgehead atoms. The van der Waals surface area contributed by atoms with E-state index in [9.17, 15) is 4.79 Å². The van der Waals surface area contributed by atoms with Gasteiger partial charge in [0.15, 0.2) is 11.4 Å². The summed E-state index contributed by atoms with van der Waals surface area (Å²) < 4.78 is 12.7. The molecule has 25 heavy (non-hydrogen) atoms. The number of nitrogens with zero attached hydrogens (tertiary/aromatic N) is 2. The molecule has 3 rings (SSSR count). The summed E-state index contributed by atoms with van der Waals surface area (Å²) in [6.07, 6.45) is 4.86. The van der Waals surface area contributed by atoms with Crippen molar-refractivity contribution in [3.63, 3.8) is 0 Å². The van der Waals surface area contributed by atoms with Gasteiger partial charge in [-0.3, -0.25) is 4.79 Å². The van der Waals surface area contributed by atoms with Gasteiger partial charge in [-0.15, -0.1) is 0 Å². The maximum atomic E-state index is 11.9. The number of ether oxygens (including phenoxy) is 2. The minimum absolute atomic E-state index is 0.0303. The third-order valence-electron chi connectivity index (χ3n) is 3.76. The molecule has 0 aliphatic heterocycles. The fourth-order valence-electron chi connectivity index (χ4n) is 2.51. The molecule has 0 unspecified atom stereocenters. The maximum absolute atomic E-state index is 11.9. The molecule has 0 atom stereocenters. The summed E-state index contributed by atoms with van der Waals surface area (Å²) in [4.78, 5) is 16.4. The predicted molar refractivity (Wildman–Crippen MR) is 95.0 cm³/mol. The molecule has 6 nitrogen and oxygen atoms in total. The highest BCUT2D eigenvalue weighted by Crippen LogP contribution is 2.18. The van der Waals surface area contributed by atoms with Crippen molar-refractivity contribution in [1.82, 2.24) is 14.7 Å². The number of aromatic nitrogens is 2. The first-order valence-corrected chi connectivity index (χ1v) is 8.21. The van der Waals surface area contributed by atoms with Crippen molar-refractivity contribution in [2.75, 3.05) is 20.3 Å². The fourth-order valence-corrected chi connectivity index (χ4v) is 2.51. The van der Waals surface area contributed by atoms with Gasteiger partial charge in [0.1, 0.15) is 5.75 Å².